The summed E-state index contributed by atoms with van der Waals surface area (Å²) in [5, 5.41) is 5.41. The number of carbonyl (C=O) groups is 2. The minimum Gasteiger partial charge on any atom is -0.322 e. The van der Waals surface area contributed by atoms with Crippen molar-refractivity contribution in [1.29, 1.82) is 0 Å². The number of aromatic nitrogens is 1. The van der Waals surface area contributed by atoms with Crippen molar-refractivity contribution in [2.24, 2.45) is 0 Å². The minimum atomic E-state index is -4.60. The molecule has 1 aliphatic heterocycles. The molecule has 1 atom stereocenters. The molecule has 0 radical (unpaired) electrons. The van der Waals surface area contributed by atoms with Crippen molar-refractivity contribution in [3.8, 4) is 0 Å². The molecule has 10 heteroatoms. The van der Waals surface area contributed by atoms with Crippen LogP contribution in [0.1, 0.15) is 39.0 Å². The van der Waals surface area contributed by atoms with Crippen LogP contribution in [0, 0.1) is 6.92 Å². The number of anilines is 2. The highest BCUT2D eigenvalue weighted by atomic mass is 19.4. The van der Waals surface area contributed by atoms with E-state index < -0.39 is 17.6 Å². The van der Waals surface area contributed by atoms with E-state index in [1.54, 1.807) is 49.7 Å². The second-order valence-corrected chi connectivity index (χ2v) is 10.1. The second kappa shape index (κ2) is 12.4. The number of hydrogen-bond acceptors (Lipinski definition) is 5. The highest BCUT2D eigenvalue weighted by Gasteiger charge is 2.35. The van der Waals surface area contributed by atoms with Gasteiger partial charge in [0.25, 0.3) is 5.91 Å². The zero-order chi connectivity index (χ0) is 28.9. The van der Waals surface area contributed by atoms with Crippen molar-refractivity contribution in [3.63, 3.8) is 0 Å². The van der Waals surface area contributed by atoms with E-state index in [2.05, 4.69) is 20.5 Å². The number of alkyl halides is 3. The molecule has 0 unspecified atom stereocenters. The smallest absolute Gasteiger partial charge is 0.322 e. The van der Waals surface area contributed by atoms with Crippen molar-refractivity contribution in [2.75, 3.05) is 37.8 Å². The normalized spacial score (nSPS) is 16.0. The molecule has 2 N–H and O–H groups in total. The maximum atomic E-state index is 14.0. The Hall–Kier alpha value is -4.02. The topological polar surface area (TPSA) is 77.6 Å². The van der Waals surface area contributed by atoms with Crippen molar-refractivity contribution in [3.05, 3.63) is 94.8 Å². The molecule has 2 aromatic carbocycles. The van der Waals surface area contributed by atoms with Crippen molar-refractivity contribution in [1.82, 2.24) is 14.8 Å². The molecule has 2 heterocycles. The SMILES string of the molecule is Cc1ccc(NC(=O)c2ccc(CN3CC[C@H](N(C)C)C3)c(C(F)(F)F)c2)cc1NC(=O)C=Cc1cccnc1. The third-order valence-corrected chi connectivity index (χ3v) is 6.91. The Morgan fingerprint density at radius 3 is 2.60 bits per heavy atom. The van der Waals surface area contributed by atoms with Crippen LogP contribution in [-0.4, -0.2) is 59.8 Å². The zero-order valence-electron chi connectivity index (χ0n) is 22.6. The van der Waals surface area contributed by atoms with Crippen LogP contribution in [-0.2, 0) is 17.5 Å². The lowest BCUT2D eigenvalue weighted by atomic mass is 10.0. The minimum absolute atomic E-state index is 0.103. The number of rotatable bonds is 8. The van der Waals surface area contributed by atoms with Crippen molar-refractivity contribution in [2.45, 2.75) is 32.1 Å². The Kier molecular flexibility index (Phi) is 9.01. The summed E-state index contributed by atoms with van der Waals surface area (Å²) in [6.45, 7) is 3.37. The predicted molar refractivity (Wildman–Crippen MR) is 150 cm³/mol. The third kappa shape index (κ3) is 7.55. The zero-order valence-corrected chi connectivity index (χ0v) is 22.6. The van der Waals surface area contributed by atoms with E-state index in [1.807, 2.05) is 25.1 Å². The van der Waals surface area contributed by atoms with Crippen LogP contribution in [0.5, 0.6) is 0 Å². The van der Waals surface area contributed by atoms with Gasteiger partial charge >= 0.3 is 6.18 Å². The number of aryl methyl sites for hydroxylation is 1. The van der Waals surface area contributed by atoms with Gasteiger partial charge in [0.15, 0.2) is 0 Å². The van der Waals surface area contributed by atoms with Gasteiger partial charge in [0.2, 0.25) is 5.91 Å². The summed E-state index contributed by atoms with van der Waals surface area (Å²) >= 11 is 0. The largest absolute Gasteiger partial charge is 0.416 e. The standard InChI is InChI=1S/C30H32F3N5O2/c1-20-6-10-24(16-27(20)36-28(39)11-7-21-5-4-13-34-17-21)35-29(40)22-8-9-23(26(15-22)30(31,32)33)18-38-14-12-25(19-38)37(2)3/h4-11,13,15-17,25H,12,14,18-19H2,1-3H3,(H,35,40)(H,36,39)/t25-/m0/s1. The fourth-order valence-electron chi connectivity index (χ4n) is 4.60. The van der Waals surface area contributed by atoms with Gasteiger partial charge < -0.3 is 15.5 Å². The number of carbonyl (C=O) groups excluding carboxylic acids is 2. The third-order valence-electron chi connectivity index (χ3n) is 6.91. The van der Waals surface area contributed by atoms with E-state index in [-0.39, 0.29) is 23.6 Å². The molecule has 0 saturated carbocycles. The number of nitrogens with zero attached hydrogens (tertiary/aromatic N) is 3. The number of pyridine rings is 1. The molecule has 1 aromatic heterocycles. The lowest BCUT2D eigenvalue weighted by Crippen LogP contribution is -2.31. The highest BCUT2D eigenvalue weighted by Crippen LogP contribution is 2.34. The van der Waals surface area contributed by atoms with E-state index in [4.69, 9.17) is 0 Å². The van der Waals surface area contributed by atoms with Crippen LogP contribution in [0.3, 0.4) is 0 Å². The molecule has 3 aromatic rings. The summed E-state index contributed by atoms with van der Waals surface area (Å²) < 4.78 is 41.9. The van der Waals surface area contributed by atoms with Crippen molar-refractivity contribution < 1.29 is 22.8 Å². The van der Waals surface area contributed by atoms with E-state index in [0.717, 1.165) is 23.6 Å². The summed E-state index contributed by atoms with van der Waals surface area (Å²) in [5.41, 5.74) is 1.54. The summed E-state index contributed by atoms with van der Waals surface area (Å²) in [5.74, 6) is -1.06. The number of likely N-dealkylation sites (tertiary alicyclic amines) is 1. The van der Waals surface area contributed by atoms with Crippen molar-refractivity contribution >= 4 is 29.3 Å². The Morgan fingerprint density at radius 2 is 1.93 bits per heavy atom. The van der Waals surface area contributed by atoms with Crippen LogP contribution in [0.4, 0.5) is 24.5 Å². The molecular weight excluding hydrogens is 519 g/mol. The summed E-state index contributed by atoms with van der Waals surface area (Å²) in [4.78, 5) is 33.4. The molecule has 1 aliphatic rings. The Balaban J connectivity index is 1.46. The molecule has 1 saturated heterocycles. The van der Waals surface area contributed by atoms with Gasteiger partial charge in [-0.15, -0.1) is 0 Å². The fourth-order valence-corrected chi connectivity index (χ4v) is 4.60. The van der Waals surface area contributed by atoms with Gasteiger partial charge in [-0.25, -0.2) is 0 Å². The number of hydrogen-bond donors (Lipinski definition) is 2. The molecule has 0 bridgehead atoms. The second-order valence-electron chi connectivity index (χ2n) is 10.1. The predicted octanol–water partition coefficient (Wildman–Crippen LogP) is 5.45. The lowest BCUT2D eigenvalue weighted by Gasteiger charge is -2.22. The molecule has 4 rings (SSSR count). The first-order chi connectivity index (χ1) is 19.0. The van der Waals surface area contributed by atoms with Gasteiger partial charge in [-0.05, 0) is 80.5 Å². The Bertz CT molecular complexity index is 1390. The molecule has 7 nitrogen and oxygen atoms in total. The van der Waals surface area contributed by atoms with Crippen LogP contribution in [0.2, 0.25) is 0 Å². The number of likely N-dealkylation sites (N-methyl/N-ethyl adjacent to an activating group) is 1. The van der Waals surface area contributed by atoms with E-state index in [0.29, 0.717) is 30.5 Å². The fraction of sp³-hybridized carbons (Fsp3) is 0.300. The molecule has 2 amide bonds. The maximum Gasteiger partial charge on any atom is 0.416 e. The van der Waals surface area contributed by atoms with Crippen LogP contribution in [0.15, 0.2) is 67.0 Å². The first-order valence-corrected chi connectivity index (χ1v) is 12.9. The molecule has 40 heavy (non-hydrogen) atoms. The van der Waals surface area contributed by atoms with Gasteiger partial charge in [0.1, 0.15) is 0 Å². The number of nitrogens with one attached hydrogen (secondary N) is 2. The van der Waals surface area contributed by atoms with Crippen LogP contribution >= 0.6 is 0 Å². The van der Waals surface area contributed by atoms with E-state index in [9.17, 15) is 22.8 Å². The molecule has 0 spiro atoms. The molecule has 1 fully saturated rings. The Morgan fingerprint density at radius 1 is 1.12 bits per heavy atom. The lowest BCUT2D eigenvalue weighted by molar-refractivity contribution is -0.138. The Labute approximate surface area is 231 Å². The molecular formula is C30H32F3N5O2. The van der Waals surface area contributed by atoms with Gasteiger partial charge in [-0.1, -0.05) is 18.2 Å². The summed E-state index contributed by atoms with van der Waals surface area (Å²) in [6.07, 6.45) is 2.54. The van der Waals surface area contributed by atoms with Gasteiger partial charge in [0, 0.05) is 61.1 Å². The first-order valence-electron chi connectivity index (χ1n) is 12.9. The van der Waals surface area contributed by atoms with Crippen LogP contribution in [0.25, 0.3) is 6.08 Å². The van der Waals surface area contributed by atoms with Gasteiger partial charge in [-0.3, -0.25) is 19.5 Å². The van der Waals surface area contributed by atoms with Gasteiger partial charge in [-0.2, -0.15) is 13.2 Å². The number of benzene rings is 2. The van der Waals surface area contributed by atoms with Crippen LogP contribution < -0.4 is 10.6 Å². The average Bonchev–Trinajstić information content (AvgIpc) is 3.38. The summed E-state index contributed by atoms with van der Waals surface area (Å²) in [7, 11) is 3.93. The quantitative estimate of drug-likeness (QED) is 0.364. The highest BCUT2D eigenvalue weighted by molar-refractivity contribution is 6.06. The van der Waals surface area contributed by atoms with E-state index in [1.165, 1.54) is 18.2 Å². The van der Waals surface area contributed by atoms with E-state index >= 15 is 0 Å². The maximum absolute atomic E-state index is 14.0. The molecule has 0 aliphatic carbocycles. The average molecular weight is 552 g/mol. The summed E-state index contributed by atoms with van der Waals surface area (Å²) in [6, 6.07) is 12.5. The molecule has 210 valence electrons. The first kappa shape index (κ1) is 29.0. The van der Waals surface area contributed by atoms with Gasteiger partial charge in [0.05, 0.1) is 5.56 Å². The monoisotopic (exact) mass is 551 g/mol. The number of halogens is 3. The number of amides is 2.